The maximum absolute atomic E-state index is 13.4. The van der Waals surface area contributed by atoms with Gasteiger partial charge >= 0.3 is 0 Å². The Kier molecular flexibility index (Phi) is 2.82. The highest BCUT2D eigenvalue weighted by molar-refractivity contribution is 6.10. The van der Waals surface area contributed by atoms with Crippen LogP contribution < -0.4 is 5.73 Å². The van der Waals surface area contributed by atoms with Gasteiger partial charge in [0.05, 0.1) is 11.3 Å². The molecular weight excluding hydrogens is 226 g/mol. The summed E-state index contributed by atoms with van der Waals surface area (Å²) < 4.78 is 26.4. The van der Waals surface area contributed by atoms with E-state index in [1.54, 1.807) is 6.07 Å². The SMILES string of the molecule is Nc1cccnc1C(=O)c1cccc(F)c1F. The number of aromatic nitrogens is 1. The number of rotatable bonds is 2. The Morgan fingerprint density at radius 1 is 1.18 bits per heavy atom. The van der Waals surface area contributed by atoms with Gasteiger partial charge in [0.25, 0.3) is 0 Å². The van der Waals surface area contributed by atoms with Crippen LogP contribution in [0.5, 0.6) is 0 Å². The molecular formula is C12H8F2N2O. The van der Waals surface area contributed by atoms with Crippen molar-refractivity contribution >= 4 is 11.5 Å². The van der Waals surface area contributed by atoms with Crippen LogP contribution in [0, 0.1) is 11.6 Å². The van der Waals surface area contributed by atoms with E-state index in [0.717, 1.165) is 6.07 Å². The first-order valence-corrected chi connectivity index (χ1v) is 4.80. The highest BCUT2D eigenvalue weighted by Gasteiger charge is 2.19. The lowest BCUT2D eigenvalue weighted by Crippen LogP contribution is -2.10. The summed E-state index contributed by atoms with van der Waals surface area (Å²) in [6.45, 7) is 0. The van der Waals surface area contributed by atoms with Gasteiger partial charge in [0.2, 0.25) is 5.78 Å². The van der Waals surface area contributed by atoms with Gasteiger partial charge in [0.1, 0.15) is 5.69 Å². The van der Waals surface area contributed by atoms with E-state index in [2.05, 4.69) is 4.98 Å². The lowest BCUT2D eigenvalue weighted by atomic mass is 10.1. The summed E-state index contributed by atoms with van der Waals surface area (Å²) in [5.41, 5.74) is 5.21. The monoisotopic (exact) mass is 234 g/mol. The van der Waals surface area contributed by atoms with Crippen molar-refractivity contribution in [3.05, 3.63) is 59.4 Å². The van der Waals surface area contributed by atoms with Crippen LogP contribution in [0.3, 0.4) is 0 Å². The number of nitrogens with zero attached hydrogens (tertiary/aromatic N) is 1. The number of anilines is 1. The summed E-state index contributed by atoms with van der Waals surface area (Å²) in [6, 6.07) is 6.40. The zero-order valence-electron chi connectivity index (χ0n) is 8.65. The maximum Gasteiger partial charge on any atom is 0.216 e. The molecule has 0 unspecified atom stereocenters. The number of halogens is 2. The molecule has 0 spiro atoms. The molecule has 2 rings (SSSR count). The summed E-state index contributed by atoms with van der Waals surface area (Å²) in [7, 11) is 0. The Morgan fingerprint density at radius 3 is 2.65 bits per heavy atom. The predicted molar refractivity (Wildman–Crippen MR) is 58.4 cm³/mol. The first-order valence-electron chi connectivity index (χ1n) is 4.80. The lowest BCUT2D eigenvalue weighted by molar-refractivity contribution is 0.103. The second-order valence-corrected chi connectivity index (χ2v) is 3.37. The lowest BCUT2D eigenvalue weighted by Gasteiger charge is -2.04. The van der Waals surface area contributed by atoms with Gasteiger partial charge in [-0.2, -0.15) is 0 Å². The maximum atomic E-state index is 13.4. The van der Waals surface area contributed by atoms with E-state index in [0.29, 0.717) is 0 Å². The highest BCUT2D eigenvalue weighted by Crippen LogP contribution is 2.17. The Morgan fingerprint density at radius 2 is 1.94 bits per heavy atom. The fourth-order valence-corrected chi connectivity index (χ4v) is 1.41. The molecule has 0 amide bonds. The Balaban J connectivity index is 2.52. The van der Waals surface area contributed by atoms with Gasteiger partial charge in [0, 0.05) is 6.20 Å². The van der Waals surface area contributed by atoms with Gasteiger partial charge in [-0.3, -0.25) is 9.78 Å². The van der Waals surface area contributed by atoms with Gasteiger partial charge in [-0.25, -0.2) is 8.78 Å². The van der Waals surface area contributed by atoms with Crippen molar-refractivity contribution in [2.45, 2.75) is 0 Å². The summed E-state index contributed by atoms with van der Waals surface area (Å²) in [5, 5.41) is 0. The van der Waals surface area contributed by atoms with E-state index in [-0.39, 0.29) is 16.9 Å². The van der Waals surface area contributed by atoms with Gasteiger partial charge in [-0.15, -0.1) is 0 Å². The van der Waals surface area contributed by atoms with E-state index in [9.17, 15) is 13.6 Å². The average molecular weight is 234 g/mol. The van der Waals surface area contributed by atoms with Crippen LogP contribution in [-0.4, -0.2) is 10.8 Å². The van der Waals surface area contributed by atoms with Crippen LogP contribution in [0.15, 0.2) is 36.5 Å². The molecule has 1 aromatic carbocycles. The van der Waals surface area contributed by atoms with Crippen molar-refractivity contribution in [2.75, 3.05) is 5.73 Å². The quantitative estimate of drug-likeness (QED) is 0.810. The first kappa shape index (κ1) is 11.2. The van der Waals surface area contributed by atoms with Crippen LogP contribution in [-0.2, 0) is 0 Å². The molecule has 86 valence electrons. The largest absolute Gasteiger partial charge is 0.397 e. The Labute approximate surface area is 95.9 Å². The van der Waals surface area contributed by atoms with Gasteiger partial charge in [0.15, 0.2) is 11.6 Å². The van der Waals surface area contributed by atoms with Gasteiger partial charge < -0.3 is 5.73 Å². The summed E-state index contributed by atoms with van der Waals surface area (Å²) in [5.74, 6) is -3.01. The summed E-state index contributed by atoms with van der Waals surface area (Å²) >= 11 is 0. The number of benzene rings is 1. The van der Waals surface area contributed by atoms with Gasteiger partial charge in [-0.1, -0.05) is 6.07 Å². The van der Waals surface area contributed by atoms with Crippen LogP contribution in [0.4, 0.5) is 14.5 Å². The second kappa shape index (κ2) is 4.29. The second-order valence-electron chi connectivity index (χ2n) is 3.37. The Bertz CT molecular complexity index is 584. The molecule has 1 aromatic heterocycles. The van der Waals surface area contributed by atoms with E-state index < -0.39 is 17.4 Å². The molecule has 0 radical (unpaired) electrons. The molecule has 0 saturated carbocycles. The number of hydrogen-bond acceptors (Lipinski definition) is 3. The number of ketones is 1. The van der Waals surface area contributed by atoms with E-state index >= 15 is 0 Å². The fraction of sp³-hybridized carbons (Fsp3) is 0. The molecule has 2 N–H and O–H groups in total. The van der Waals surface area contributed by atoms with Gasteiger partial charge in [-0.05, 0) is 24.3 Å². The molecule has 5 heteroatoms. The van der Waals surface area contributed by atoms with E-state index in [4.69, 9.17) is 5.73 Å². The van der Waals surface area contributed by atoms with Crippen molar-refractivity contribution < 1.29 is 13.6 Å². The smallest absolute Gasteiger partial charge is 0.216 e. The van der Waals surface area contributed by atoms with Crippen molar-refractivity contribution in [1.82, 2.24) is 4.98 Å². The van der Waals surface area contributed by atoms with Crippen molar-refractivity contribution in [2.24, 2.45) is 0 Å². The third-order valence-electron chi connectivity index (χ3n) is 2.25. The van der Waals surface area contributed by atoms with Crippen molar-refractivity contribution in [3.8, 4) is 0 Å². The standard InChI is InChI=1S/C12H8F2N2O/c13-8-4-1-3-7(10(8)14)12(17)11-9(15)5-2-6-16-11/h1-6H,15H2. The normalized spacial score (nSPS) is 10.2. The molecule has 2 aromatic rings. The van der Waals surface area contributed by atoms with Crippen molar-refractivity contribution in [3.63, 3.8) is 0 Å². The minimum absolute atomic E-state index is 0.0861. The van der Waals surface area contributed by atoms with Crippen LogP contribution in [0.25, 0.3) is 0 Å². The average Bonchev–Trinajstić information content (AvgIpc) is 2.32. The fourth-order valence-electron chi connectivity index (χ4n) is 1.41. The minimum atomic E-state index is -1.19. The zero-order chi connectivity index (χ0) is 12.4. The number of carbonyl (C=O) groups excluding carboxylic acids is 1. The molecule has 0 aliphatic carbocycles. The number of hydrogen-bond donors (Lipinski definition) is 1. The molecule has 0 fully saturated rings. The number of nitrogens with two attached hydrogens (primary N) is 1. The summed E-state index contributed by atoms with van der Waals surface area (Å²) in [6.07, 6.45) is 1.36. The molecule has 0 saturated heterocycles. The number of pyridine rings is 1. The molecule has 17 heavy (non-hydrogen) atoms. The number of carbonyl (C=O) groups is 1. The minimum Gasteiger partial charge on any atom is -0.397 e. The van der Waals surface area contributed by atoms with Crippen LogP contribution in [0.1, 0.15) is 16.1 Å². The number of nitrogen functional groups attached to an aromatic ring is 1. The van der Waals surface area contributed by atoms with E-state index in [1.165, 1.54) is 24.4 Å². The molecule has 0 aliphatic rings. The third kappa shape index (κ3) is 1.99. The Hall–Kier alpha value is -2.30. The molecule has 0 atom stereocenters. The zero-order valence-corrected chi connectivity index (χ0v) is 8.65. The first-order chi connectivity index (χ1) is 8.11. The van der Waals surface area contributed by atoms with Crippen LogP contribution >= 0.6 is 0 Å². The predicted octanol–water partition coefficient (Wildman–Crippen LogP) is 2.17. The highest BCUT2D eigenvalue weighted by atomic mass is 19.2. The molecule has 0 bridgehead atoms. The van der Waals surface area contributed by atoms with Crippen molar-refractivity contribution in [1.29, 1.82) is 0 Å². The third-order valence-corrected chi connectivity index (χ3v) is 2.25. The molecule has 1 heterocycles. The van der Waals surface area contributed by atoms with Crippen LogP contribution in [0.2, 0.25) is 0 Å². The topological polar surface area (TPSA) is 56.0 Å². The summed E-state index contributed by atoms with van der Waals surface area (Å²) in [4.78, 5) is 15.7. The van der Waals surface area contributed by atoms with E-state index in [1.807, 2.05) is 0 Å². The molecule has 3 nitrogen and oxygen atoms in total. The molecule has 0 aliphatic heterocycles.